The highest BCUT2D eigenvalue weighted by Gasteiger charge is 2.18. The number of nitrogens with zero attached hydrogens (tertiary/aromatic N) is 1. The molecule has 0 bridgehead atoms. The minimum absolute atomic E-state index is 0.160. The van der Waals surface area contributed by atoms with Crippen molar-refractivity contribution in [2.75, 3.05) is 11.9 Å². The van der Waals surface area contributed by atoms with Gasteiger partial charge < -0.3 is 24.8 Å². The summed E-state index contributed by atoms with van der Waals surface area (Å²) >= 11 is 6.31. The Kier molecular flexibility index (Phi) is 9.13. The van der Waals surface area contributed by atoms with E-state index in [0.29, 0.717) is 23.6 Å². The van der Waals surface area contributed by atoms with Gasteiger partial charge in [-0.2, -0.15) is 0 Å². The van der Waals surface area contributed by atoms with Gasteiger partial charge in [-0.05, 0) is 57.5 Å². The average Bonchev–Trinajstić information content (AvgIpc) is 2.82. The third-order valence-electron chi connectivity index (χ3n) is 4.69. The maximum Gasteiger partial charge on any atom is 0.407 e. The van der Waals surface area contributed by atoms with E-state index in [2.05, 4.69) is 15.6 Å². The number of hydrogen-bond donors (Lipinski definition) is 2. The number of ether oxygens (including phenoxy) is 3. The molecule has 0 aliphatic heterocycles. The van der Waals surface area contributed by atoms with Gasteiger partial charge in [-0.25, -0.2) is 9.78 Å². The summed E-state index contributed by atoms with van der Waals surface area (Å²) in [4.78, 5) is 28.7. The molecule has 0 spiro atoms. The van der Waals surface area contributed by atoms with Gasteiger partial charge in [0.25, 0.3) is 5.91 Å². The number of nitrogens with one attached hydrogen (secondary N) is 2. The van der Waals surface area contributed by atoms with Crippen molar-refractivity contribution < 1.29 is 23.8 Å². The first-order valence-electron chi connectivity index (χ1n) is 11.4. The summed E-state index contributed by atoms with van der Waals surface area (Å²) in [5.74, 6) is 0.583. The van der Waals surface area contributed by atoms with Gasteiger partial charge in [-0.3, -0.25) is 4.79 Å². The second kappa shape index (κ2) is 12.3. The largest absolute Gasteiger partial charge is 0.489 e. The van der Waals surface area contributed by atoms with Crippen LogP contribution in [0.15, 0.2) is 66.9 Å². The second-order valence-corrected chi connectivity index (χ2v) is 9.52. The number of aromatic nitrogens is 1. The zero-order valence-electron chi connectivity index (χ0n) is 20.7. The molecule has 0 aliphatic carbocycles. The molecule has 0 radical (unpaired) electrons. The number of rotatable bonds is 9. The minimum atomic E-state index is -0.585. The zero-order chi connectivity index (χ0) is 26.1. The molecule has 0 saturated heterocycles. The molecule has 0 saturated carbocycles. The number of carbonyl (C=O) groups is 2. The molecular formula is C27H30ClN3O5. The first-order chi connectivity index (χ1) is 17.1. The molecule has 2 amide bonds. The van der Waals surface area contributed by atoms with E-state index in [0.717, 1.165) is 5.56 Å². The molecule has 2 aromatic carbocycles. The number of pyridine rings is 1. The smallest absolute Gasteiger partial charge is 0.407 e. The van der Waals surface area contributed by atoms with Crippen LogP contribution in [0.25, 0.3) is 0 Å². The Morgan fingerprint density at radius 3 is 2.36 bits per heavy atom. The number of halogens is 1. The Bertz CT molecular complexity index is 1160. The van der Waals surface area contributed by atoms with Crippen molar-refractivity contribution >= 4 is 29.3 Å². The normalized spacial score (nSPS) is 11.8. The van der Waals surface area contributed by atoms with E-state index in [-0.39, 0.29) is 29.5 Å². The fraction of sp³-hybridized carbons (Fsp3) is 0.296. The maximum absolute atomic E-state index is 12.6. The molecule has 2 N–H and O–H groups in total. The molecule has 0 aliphatic rings. The number of anilines is 1. The van der Waals surface area contributed by atoms with Gasteiger partial charge in [0, 0.05) is 11.6 Å². The Hall–Kier alpha value is -3.78. The van der Waals surface area contributed by atoms with Gasteiger partial charge in [0.1, 0.15) is 24.6 Å². The summed E-state index contributed by atoms with van der Waals surface area (Å²) in [6.07, 6.45) is 0.886. The Morgan fingerprint density at radius 2 is 1.72 bits per heavy atom. The number of carbonyl (C=O) groups excluding carboxylic acids is 2. The van der Waals surface area contributed by atoms with Crippen molar-refractivity contribution in [3.63, 3.8) is 0 Å². The number of alkyl carbamates (subject to hydrolysis) is 1. The fourth-order valence-corrected chi connectivity index (χ4v) is 3.17. The first kappa shape index (κ1) is 26.8. The third-order valence-corrected chi connectivity index (χ3v) is 5.00. The van der Waals surface area contributed by atoms with Crippen molar-refractivity contribution in [2.24, 2.45) is 0 Å². The molecular weight excluding hydrogens is 482 g/mol. The van der Waals surface area contributed by atoms with E-state index in [4.69, 9.17) is 25.8 Å². The van der Waals surface area contributed by atoms with E-state index in [1.165, 1.54) is 12.3 Å². The van der Waals surface area contributed by atoms with Gasteiger partial charge >= 0.3 is 6.09 Å². The van der Waals surface area contributed by atoms with Crippen LogP contribution in [0.5, 0.6) is 11.6 Å². The molecule has 190 valence electrons. The van der Waals surface area contributed by atoms with Crippen LogP contribution >= 0.6 is 11.6 Å². The van der Waals surface area contributed by atoms with Gasteiger partial charge in [0.05, 0.1) is 22.9 Å². The summed E-state index contributed by atoms with van der Waals surface area (Å²) in [7, 11) is 0. The summed E-state index contributed by atoms with van der Waals surface area (Å²) in [6, 6.07) is 17.8. The quantitative estimate of drug-likeness (QED) is 0.373. The summed E-state index contributed by atoms with van der Waals surface area (Å²) in [5, 5.41) is 5.69. The van der Waals surface area contributed by atoms with Gasteiger partial charge in [0.2, 0.25) is 5.88 Å². The number of amides is 2. The molecule has 1 atom stereocenters. The molecule has 3 rings (SSSR count). The molecule has 0 fully saturated rings. The molecule has 0 unspecified atom stereocenters. The van der Waals surface area contributed by atoms with Crippen LogP contribution in [0.1, 0.15) is 43.6 Å². The third kappa shape index (κ3) is 8.78. The first-order valence-corrected chi connectivity index (χ1v) is 11.8. The molecule has 1 heterocycles. The number of hydrogen-bond acceptors (Lipinski definition) is 6. The SMILES string of the molecule is C[C@@H](COc1cc(Cl)c(NC(=O)c2ccc(OCc3ccccc3)cc2)cn1)NC(=O)OC(C)(C)C. The fourth-order valence-electron chi connectivity index (χ4n) is 2.98. The highest BCUT2D eigenvalue weighted by molar-refractivity contribution is 6.34. The van der Waals surface area contributed by atoms with Gasteiger partial charge in [0.15, 0.2) is 0 Å². The minimum Gasteiger partial charge on any atom is -0.489 e. The van der Waals surface area contributed by atoms with Crippen molar-refractivity contribution in [3.8, 4) is 11.6 Å². The number of benzene rings is 2. The maximum atomic E-state index is 12.6. The Morgan fingerprint density at radius 1 is 1.03 bits per heavy atom. The highest BCUT2D eigenvalue weighted by atomic mass is 35.5. The Balaban J connectivity index is 1.49. The van der Waals surface area contributed by atoms with Crippen molar-refractivity contribution in [1.82, 2.24) is 10.3 Å². The van der Waals surface area contributed by atoms with Crippen molar-refractivity contribution in [1.29, 1.82) is 0 Å². The topological polar surface area (TPSA) is 98.8 Å². The van der Waals surface area contributed by atoms with Crippen LogP contribution < -0.4 is 20.1 Å². The van der Waals surface area contributed by atoms with E-state index in [1.54, 1.807) is 52.0 Å². The predicted molar refractivity (Wildman–Crippen MR) is 139 cm³/mol. The highest BCUT2D eigenvalue weighted by Crippen LogP contribution is 2.25. The predicted octanol–water partition coefficient (Wildman–Crippen LogP) is 5.86. The standard InChI is InChI=1S/C27H30ClN3O5/c1-18(30-26(33)36-27(2,3)4)16-35-24-14-22(28)23(15-29-24)31-25(32)20-10-12-21(13-11-20)34-17-19-8-6-5-7-9-19/h5-15,18H,16-17H2,1-4H3,(H,30,33)(H,31,32)/t18-/m0/s1. The van der Waals surface area contributed by atoms with Crippen LogP contribution in [0.4, 0.5) is 10.5 Å². The molecule has 8 nitrogen and oxygen atoms in total. The van der Waals surface area contributed by atoms with Crippen LogP contribution in [-0.2, 0) is 11.3 Å². The van der Waals surface area contributed by atoms with Crippen LogP contribution in [-0.4, -0.2) is 35.2 Å². The summed E-state index contributed by atoms with van der Waals surface area (Å²) in [5.41, 5.74) is 1.26. The van der Waals surface area contributed by atoms with Crippen LogP contribution in [0, 0.1) is 0 Å². The monoisotopic (exact) mass is 511 g/mol. The zero-order valence-corrected chi connectivity index (χ0v) is 21.5. The lowest BCUT2D eigenvalue weighted by Crippen LogP contribution is -2.40. The Labute approximate surface area is 215 Å². The van der Waals surface area contributed by atoms with Crippen molar-refractivity contribution in [2.45, 2.75) is 45.9 Å². The van der Waals surface area contributed by atoms with Crippen molar-refractivity contribution in [3.05, 3.63) is 83.0 Å². The molecule has 9 heteroatoms. The molecule has 3 aromatic rings. The van der Waals surface area contributed by atoms with Crippen LogP contribution in [0.3, 0.4) is 0 Å². The van der Waals surface area contributed by atoms with E-state index in [1.807, 2.05) is 30.3 Å². The summed E-state index contributed by atoms with van der Waals surface area (Å²) in [6.45, 7) is 7.74. The average molecular weight is 512 g/mol. The lowest BCUT2D eigenvalue weighted by molar-refractivity contribution is 0.0493. The van der Waals surface area contributed by atoms with Gasteiger partial charge in [-0.15, -0.1) is 0 Å². The van der Waals surface area contributed by atoms with E-state index in [9.17, 15) is 9.59 Å². The van der Waals surface area contributed by atoms with Gasteiger partial charge in [-0.1, -0.05) is 41.9 Å². The van der Waals surface area contributed by atoms with E-state index >= 15 is 0 Å². The van der Waals surface area contributed by atoms with E-state index < -0.39 is 11.7 Å². The summed E-state index contributed by atoms with van der Waals surface area (Å²) < 4.78 is 16.6. The molecule has 36 heavy (non-hydrogen) atoms. The molecule has 1 aromatic heterocycles. The van der Waals surface area contributed by atoms with Crippen LogP contribution in [0.2, 0.25) is 5.02 Å². The lowest BCUT2D eigenvalue weighted by atomic mass is 10.2. The second-order valence-electron chi connectivity index (χ2n) is 9.11. The lowest BCUT2D eigenvalue weighted by Gasteiger charge is -2.22.